The quantitative estimate of drug-likeness (QED) is 0.101. The Kier molecular flexibility index (Phi) is 41.2. The Morgan fingerprint density at radius 3 is 0.902 bits per heavy atom. The Hall–Kier alpha value is -0.452. The Labute approximate surface area is 269 Å². The minimum Gasteiger partial charge on any atom is -0.550 e. The largest absolute Gasteiger partial charge is 4.00 e. The monoisotopic (exact) mass is 763 g/mol. The van der Waals surface area contributed by atoms with Gasteiger partial charge in [0.05, 0.1) is 0 Å². The number of carbonyl (C=O) groups excluding carboxylic acids is 2. The number of rotatable bonds is 24. The number of carboxylic acids is 2. The maximum atomic E-state index is 10.1. The van der Waals surface area contributed by atoms with Crippen LogP contribution in [0.15, 0.2) is 0 Å². The Morgan fingerprint density at radius 1 is 0.488 bits per heavy atom. The summed E-state index contributed by atoms with van der Waals surface area (Å²) in [6, 6.07) is 0.562. The summed E-state index contributed by atoms with van der Waals surface area (Å²) < 4.78 is 0. The molecule has 4 N–H and O–H groups in total. The second-order valence-corrected chi connectivity index (χ2v) is 11.9. The molecule has 1 saturated carbocycles. The molecule has 0 bridgehead atoms. The van der Waals surface area contributed by atoms with Crippen molar-refractivity contribution in [1.82, 2.24) is 0 Å². The van der Waals surface area contributed by atoms with Crippen LogP contribution >= 0.6 is 0 Å². The number of hydrogen-bond donors (Lipinski definition) is 2. The Balaban J connectivity index is -0.000000548. The van der Waals surface area contributed by atoms with Crippen molar-refractivity contribution >= 4 is 11.9 Å². The first-order chi connectivity index (χ1) is 19.3. The zero-order valence-electron chi connectivity index (χ0n) is 27.1. The first kappa shape index (κ1) is 45.0. The van der Waals surface area contributed by atoms with Crippen LogP contribution in [-0.4, -0.2) is 24.0 Å². The van der Waals surface area contributed by atoms with Crippen LogP contribution in [0.25, 0.3) is 0 Å². The van der Waals surface area contributed by atoms with Crippen molar-refractivity contribution in [3.8, 4) is 0 Å². The number of nitrogens with two attached hydrogens (primary N) is 2. The van der Waals surface area contributed by atoms with E-state index in [1.807, 2.05) is 0 Å². The molecular formula is C34H68N2O4Pt+2. The molecule has 6 nitrogen and oxygen atoms in total. The van der Waals surface area contributed by atoms with Gasteiger partial charge in [-0.05, 0) is 38.5 Å². The van der Waals surface area contributed by atoms with Gasteiger partial charge in [0.25, 0.3) is 0 Å². The molecule has 7 heteroatoms. The fourth-order valence-electron chi connectivity index (χ4n) is 5.06. The third kappa shape index (κ3) is 41.7. The molecule has 2 atom stereocenters. The molecule has 2 unspecified atom stereocenters. The third-order valence-electron chi connectivity index (χ3n) is 7.84. The average Bonchev–Trinajstić information content (AvgIpc) is 2.92. The molecule has 0 aromatic carbocycles. The molecule has 0 radical (unpaired) electrons. The molecule has 0 spiro atoms. The summed E-state index contributed by atoms with van der Waals surface area (Å²) >= 11 is 0. The van der Waals surface area contributed by atoms with Gasteiger partial charge in [0.2, 0.25) is 0 Å². The van der Waals surface area contributed by atoms with E-state index in [1.165, 1.54) is 128 Å². The predicted octanol–water partition coefficient (Wildman–Crippen LogP) is 7.09. The van der Waals surface area contributed by atoms with Crippen LogP contribution in [-0.2, 0) is 30.7 Å². The SMILES string of the molecule is CCCCCCCCCCCCCC(=O)[O-].CCCCCCCCCCCCCC(=O)[O-].NC1CCCCC1N.[Pt+4]. The van der Waals surface area contributed by atoms with Crippen LogP contribution in [0, 0.1) is 0 Å². The first-order valence-electron chi connectivity index (χ1n) is 17.3. The maximum absolute atomic E-state index is 10.1. The Morgan fingerprint density at radius 2 is 0.707 bits per heavy atom. The van der Waals surface area contributed by atoms with Crippen LogP contribution in [0.4, 0.5) is 0 Å². The van der Waals surface area contributed by atoms with Gasteiger partial charge in [-0.25, -0.2) is 0 Å². The van der Waals surface area contributed by atoms with E-state index < -0.39 is 11.9 Å². The van der Waals surface area contributed by atoms with Gasteiger partial charge in [-0.1, -0.05) is 155 Å². The molecule has 0 saturated heterocycles. The summed E-state index contributed by atoms with van der Waals surface area (Å²) in [5, 5.41) is 20.3. The third-order valence-corrected chi connectivity index (χ3v) is 7.84. The van der Waals surface area contributed by atoms with Gasteiger partial charge in [-0.3, -0.25) is 0 Å². The van der Waals surface area contributed by atoms with Crippen molar-refractivity contribution in [2.45, 2.75) is 206 Å². The van der Waals surface area contributed by atoms with Gasteiger partial charge in [-0.15, -0.1) is 0 Å². The van der Waals surface area contributed by atoms with E-state index in [4.69, 9.17) is 11.5 Å². The van der Waals surface area contributed by atoms with E-state index in [9.17, 15) is 19.8 Å². The number of carbonyl (C=O) groups is 2. The molecule has 1 aliphatic rings. The van der Waals surface area contributed by atoms with E-state index in [-0.39, 0.29) is 46.0 Å². The number of unbranched alkanes of at least 4 members (excludes halogenated alkanes) is 20. The minimum atomic E-state index is -0.907. The first-order valence-corrected chi connectivity index (χ1v) is 17.3. The summed E-state index contributed by atoms with van der Waals surface area (Å²) in [4.78, 5) is 20.3. The fraction of sp³-hybridized carbons (Fsp3) is 0.941. The normalized spacial score (nSPS) is 16.0. The molecular weight excluding hydrogens is 695 g/mol. The molecule has 1 aliphatic carbocycles. The molecule has 0 heterocycles. The van der Waals surface area contributed by atoms with Crippen LogP contribution in [0.2, 0.25) is 0 Å². The van der Waals surface area contributed by atoms with Crippen LogP contribution in [0.1, 0.15) is 194 Å². The van der Waals surface area contributed by atoms with E-state index in [1.54, 1.807) is 0 Å². The van der Waals surface area contributed by atoms with Crippen molar-refractivity contribution < 1.29 is 40.9 Å². The molecule has 0 amide bonds. The van der Waals surface area contributed by atoms with Gasteiger partial charge in [0.1, 0.15) is 0 Å². The molecule has 1 rings (SSSR count). The van der Waals surface area contributed by atoms with E-state index in [0.29, 0.717) is 0 Å². The summed E-state index contributed by atoms with van der Waals surface area (Å²) in [5.41, 5.74) is 11.3. The second kappa shape index (κ2) is 37.6. The maximum Gasteiger partial charge on any atom is 4.00 e. The average molecular weight is 764 g/mol. The molecule has 0 aromatic rings. The molecule has 0 aromatic heterocycles. The zero-order chi connectivity index (χ0) is 30.1. The smallest absolute Gasteiger partial charge is 0.550 e. The van der Waals surface area contributed by atoms with E-state index >= 15 is 0 Å². The van der Waals surface area contributed by atoms with Crippen LogP contribution in [0.3, 0.4) is 0 Å². The summed E-state index contributed by atoms with van der Waals surface area (Å²) in [6.45, 7) is 4.49. The minimum absolute atomic E-state index is 0. The van der Waals surface area contributed by atoms with Crippen molar-refractivity contribution in [2.75, 3.05) is 0 Å². The van der Waals surface area contributed by atoms with Gasteiger partial charge < -0.3 is 31.3 Å². The van der Waals surface area contributed by atoms with E-state index in [2.05, 4.69) is 13.8 Å². The molecule has 0 aliphatic heterocycles. The molecule has 41 heavy (non-hydrogen) atoms. The van der Waals surface area contributed by atoms with Crippen molar-refractivity contribution in [1.29, 1.82) is 0 Å². The van der Waals surface area contributed by atoms with Crippen LogP contribution in [0.5, 0.6) is 0 Å². The fourth-order valence-corrected chi connectivity index (χ4v) is 5.06. The van der Waals surface area contributed by atoms with E-state index in [0.717, 1.165) is 38.5 Å². The zero-order valence-corrected chi connectivity index (χ0v) is 29.3. The predicted molar refractivity (Wildman–Crippen MR) is 167 cm³/mol. The van der Waals surface area contributed by atoms with Crippen molar-refractivity contribution in [3.05, 3.63) is 0 Å². The number of hydrogen-bond acceptors (Lipinski definition) is 6. The van der Waals surface area contributed by atoms with Gasteiger partial charge >= 0.3 is 21.1 Å². The number of carboxylic acid groups (broad SMARTS) is 2. The topological polar surface area (TPSA) is 132 Å². The second-order valence-electron chi connectivity index (χ2n) is 11.9. The van der Waals surface area contributed by atoms with Crippen molar-refractivity contribution in [2.24, 2.45) is 11.5 Å². The molecule has 246 valence electrons. The summed E-state index contributed by atoms with van der Waals surface area (Å²) in [6.07, 6.45) is 32.9. The van der Waals surface area contributed by atoms with Gasteiger partial charge in [0, 0.05) is 24.0 Å². The van der Waals surface area contributed by atoms with Gasteiger partial charge in [-0.2, -0.15) is 0 Å². The summed E-state index contributed by atoms with van der Waals surface area (Å²) in [5.74, 6) is -1.81. The summed E-state index contributed by atoms with van der Waals surface area (Å²) in [7, 11) is 0. The van der Waals surface area contributed by atoms with Gasteiger partial charge in [0.15, 0.2) is 0 Å². The number of aliphatic carboxylic acids is 2. The van der Waals surface area contributed by atoms with Crippen LogP contribution < -0.4 is 21.7 Å². The standard InChI is InChI=1S/2C14H28O2.C6H14N2.Pt/c2*1-2-3-4-5-6-7-8-9-10-11-12-13-14(15)16;7-5-3-1-2-4-6(5)8;/h2*2-13H2,1H3,(H,15,16);5-6H,1-4,7-8H2;/q;;;+4/p-2. The Bertz CT molecular complexity index is 491. The van der Waals surface area contributed by atoms with Crippen molar-refractivity contribution in [3.63, 3.8) is 0 Å². The molecule has 1 fully saturated rings.